The van der Waals surface area contributed by atoms with E-state index in [1.54, 1.807) is 0 Å². The van der Waals surface area contributed by atoms with Crippen LogP contribution in [-0.2, 0) is 14.3 Å². The summed E-state index contributed by atoms with van der Waals surface area (Å²) in [5.74, 6) is -1.70. The fourth-order valence-corrected chi connectivity index (χ4v) is 1.27. The molecule has 0 spiro atoms. The van der Waals surface area contributed by atoms with Crippen LogP contribution in [0.4, 0.5) is 5.69 Å². The molecule has 0 aliphatic heterocycles. The number of methoxy groups -OCH3 is 1. The minimum absolute atomic E-state index is 0.138. The third kappa shape index (κ3) is 4.41. The fraction of sp³-hybridized carbons (Fsp3) is 0.167. The van der Waals surface area contributed by atoms with Gasteiger partial charge in [0.2, 0.25) is 0 Å². The highest BCUT2D eigenvalue weighted by Gasteiger charge is 2.11. The lowest BCUT2D eigenvalue weighted by Crippen LogP contribution is -2.13. The number of aliphatic carboxylic acids is 1. The van der Waals surface area contributed by atoms with Crippen LogP contribution in [0.2, 0.25) is 0 Å². The molecule has 0 radical (unpaired) electrons. The molecular weight excluding hydrogens is 270 g/mol. The summed E-state index contributed by atoms with van der Waals surface area (Å²) in [5.41, 5.74) is -0.0500. The molecule has 0 saturated heterocycles. The number of hydrogen-bond acceptors (Lipinski definition) is 6. The van der Waals surface area contributed by atoms with E-state index in [0.29, 0.717) is 0 Å². The number of carboxylic acid groups (broad SMARTS) is 1. The number of nitro benzene ring substituents is 1. The second-order valence-corrected chi connectivity index (χ2v) is 3.52. The van der Waals surface area contributed by atoms with Gasteiger partial charge in [-0.25, -0.2) is 9.59 Å². The molecule has 0 atom stereocenters. The van der Waals surface area contributed by atoms with E-state index in [4.69, 9.17) is 9.84 Å². The molecule has 0 saturated carbocycles. The van der Waals surface area contributed by atoms with Crippen molar-refractivity contribution in [2.45, 2.75) is 0 Å². The van der Waals surface area contributed by atoms with Gasteiger partial charge >= 0.3 is 11.9 Å². The summed E-state index contributed by atoms with van der Waals surface area (Å²) in [5, 5.41) is 19.2. The zero-order valence-electron chi connectivity index (χ0n) is 10.4. The van der Waals surface area contributed by atoms with Crippen molar-refractivity contribution in [3.05, 3.63) is 40.0 Å². The van der Waals surface area contributed by atoms with E-state index in [1.807, 2.05) is 0 Å². The van der Waals surface area contributed by atoms with Crippen LogP contribution in [0.25, 0.3) is 6.08 Å². The van der Waals surface area contributed by atoms with Gasteiger partial charge in [0.25, 0.3) is 5.69 Å². The molecule has 0 heterocycles. The van der Waals surface area contributed by atoms with Crippen molar-refractivity contribution < 1.29 is 29.1 Å². The summed E-state index contributed by atoms with van der Waals surface area (Å²) < 4.78 is 9.50. The van der Waals surface area contributed by atoms with Gasteiger partial charge < -0.3 is 14.6 Å². The van der Waals surface area contributed by atoms with Crippen molar-refractivity contribution in [2.24, 2.45) is 0 Å². The SMILES string of the molecule is COC(=O)COc1ccc([N+](=O)[O-])cc1/C=C/C(=O)O. The molecule has 0 aliphatic carbocycles. The van der Waals surface area contributed by atoms with Crippen LogP contribution in [0, 0.1) is 10.1 Å². The molecule has 0 unspecified atom stereocenters. The highest BCUT2D eigenvalue weighted by molar-refractivity contribution is 5.86. The minimum atomic E-state index is -1.21. The number of hydrogen-bond donors (Lipinski definition) is 1. The van der Waals surface area contributed by atoms with Gasteiger partial charge in [-0.3, -0.25) is 10.1 Å². The molecule has 1 rings (SSSR count). The maximum Gasteiger partial charge on any atom is 0.343 e. The van der Waals surface area contributed by atoms with Crippen LogP contribution < -0.4 is 4.74 Å². The Hall–Kier alpha value is -2.90. The number of carbonyl (C=O) groups excluding carboxylic acids is 1. The number of benzene rings is 1. The highest BCUT2D eigenvalue weighted by atomic mass is 16.6. The smallest absolute Gasteiger partial charge is 0.343 e. The number of nitrogens with zero attached hydrogens (tertiary/aromatic N) is 1. The molecule has 0 fully saturated rings. The van der Waals surface area contributed by atoms with Crippen LogP contribution in [0.5, 0.6) is 5.75 Å². The normalized spacial score (nSPS) is 10.2. The number of carboxylic acids is 1. The molecule has 1 aromatic rings. The average Bonchev–Trinajstić information content (AvgIpc) is 2.42. The van der Waals surface area contributed by atoms with Crippen LogP contribution in [0.1, 0.15) is 5.56 Å². The molecule has 1 N–H and O–H groups in total. The van der Waals surface area contributed by atoms with Gasteiger partial charge in [-0.15, -0.1) is 0 Å². The number of esters is 1. The summed E-state index contributed by atoms with van der Waals surface area (Å²) >= 11 is 0. The van der Waals surface area contributed by atoms with E-state index >= 15 is 0 Å². The Balaban J connectivity index is 3.05. The van der Waals surface area contributed by atoms with Crippen LogP contribution in [0.15, 0.2) is 24.3 Å². The maximum atomic E-state index is 11.0. The average molecular weight is 281 g/mol. The molecule has 8 nitrogen and oxygen atoms in total. The third-order valence-electron chi connectivity index (χ3n) is 2.18. The van der Waals surface area contributed by atoms with Crippen LogP contribution >= 0.6 is 0 Å². The van der Waals surface area contributed by atoms with Crippen molar-refractivity contribution in [3.8, 4) is 5.75 Å². The fourth-order valence-electron chi connectivity index (χ4n) is 1.27. The van der Waals surface area contributed by atoms with Gasteiger partial charge in [-0.2, -0.15) is 0 Å². The molecule has 0 aromatic heterocycles. The van der Waals surface area contributed by atoms with E-state index in [-0.39, 0.29) is 23.6 Å². The summed E-state index contributed by atoms with van der Waals surface area (Å²) in [7, 11) is 1.19. The summed E-state index contributed by atoms with van der Waals surface area (Å²) in [6, 6.07) is 3.61. The first-order chi connectivity index (χ1) is 9.43. The van der Waals surface area contributed by atoms with E-state index in [0.717, 1.165) is 18.2 Å². The summed E-state index contributed by atoms with van der Waals surface area (Å²) in [4.78, 5) is 31.5. The lowest BCUT2D eigenvalue weighted by atomic mass is 10.1. The van der Waals surface area contributed by atoms with E-state index in [1.165, 1.54) is 19.2 Å². The first kappa shape index (κ1) is 15.2. The van der Waals surface area contributed by atoms with Crippen molar-refractivity contribution in [3.63, 3.8) is 0 Å². The second kappa shape index (κ2) is 6.88. The number of rotatable bonds is 6. The van der Waals surface area contributed by atoms with Gasteiger partial charge in [-0.1, -0.05) is 0 Å². The van der Waals surface area contributed by atoms with E-state index in [9.17, 15) is 19.7 Å². The third-order valence-corrected chi connectivity index (χ3v) is 2.18. The van der Waals surface area contributed by atoms with Crippen LogP contribution in [0.3, 0.4) is 0 Å². The minimum Gasteiger partial charge on any atom is -0.481 e. The molecule has 0 amide bonds. The van der Waals surface area contributed by atoms with E-state index < -0.39 is 16.9 Å². The Kier molecular flexibility index (Phi) is 5.21. The zero-order chi connectivity index (χ0) is 15.1. The topological polar surface area (TPSA) is 116 Å². The predicted octanol–water partition coefficient (Wildman–Crippen LogP) is 1.24. The lowest BCUT2D eigenvalue weighted by molar-refractivity contribution is -0.384. The Morgan fingerprint density at radius 2 is 2.15 bits per heavy atom. The predicted molar refractivity (Wildman–Crippen MR) is 67.3 cm³/mol. The molecule has 20 heavy (non-hydrogen) atoms. The monoisotopic (exact) mass is 281 g/mol. The highest BCUT2D eigenvalue weighted by Crippen LogP contribution is 2.25. The van der Waals surface area contributed by atoms with Gasteiger partial charge in [0.1, 0.15) is 5.75 Å². The number of non-ortho nitro benzene ring substituents is 1. The zero-order valence-corrected chi connectivity index (χ0v) is 10.4. The Bertz CT molecular complexity index is 565. The Labute approximate surface area is 113 Å². The molecule has 0 aliphatic rings. The van der Waals surface area contributed by atoms with Crippen molar-refractivity contribution >= 4 is 23.7 Å². The standard InChI is InChI=1S/C12H11NO7/c1-19-12(16)7-20-10-4-3-9(13(17)18)6-8(10)2-5-11(14)15/h2-6H,7H2,1H3,(H,14,15)/b5-2+. The second-order valence-electron chi connectivity index (χ2n) is 3.52. The maximum absolute atomic E-state index is 11.0. The van der Waals surface area contributed by atoms with Crippen LogP contribution in [-0.4, -0.2) is 35.7 Å². The number of ether oxygens (including phenoxy) is 2. The van der Waals surface area contributed by atoms with Crippen molar-refractivity contribution in [1.29, 1.82) is 0 Å². The molecule has 0 bridgehead atoms. The molecule has 1 aromatic carbocycles. The van der Waals surface area contributed by atoms with Crippen molar-refractivity contribution in [2.75, 3.05) is 13.7 Å². The van der Waals surface area contributed by atoms with Gasteiger partial charge in [0.05, 0.1) is 12.0 Å². The van der Waals surface area contributed by atoms with Gasteiger partial charge in [0.15, 0.2) is 6.61 Å². The van der Waals surface area contributed by atoms with Gasteiger partial charge in [-0.05, 0) is 12.1 Å². The quantitative estimate of drug-likeness (QED) is 0.361. The first-order valence-corrected chi connectivity index (χ1v) is 5.33. The van der Waals surface area contributed by atoms with Gasteiger partial charge in [0, 0.05) is 23.8 Å². The number of carbonyl (C=O) groups is 2. The molecule has 106 valence electrons. The largest absolute Gasteiger partial charge is 0.481 e. The molecule has 8 heteroatoms. The first-order valence-electron chi connectivity index (χ1n) is 5.33. The van der Waals surface area contributed by atoms with Crippen molar-refractivity contribution in [1.82, 2.24) is 0 Å². The summed E-state index contributed by atoms with van der Waals surface area (Å²) in [6.45, 7) is -0.387. The lowest BCUT2D eigenvalue weighted by Gasteiger charge is -2.07. The number of nitro groups is 1. The summed E-state index contributed by atoms with van der Waals surface area (Å²) in [6.07, 6.45) is 1.95. The Morgan fingerprint density at radius 1 is 1.45 bits per heavy atom. The Morgan fingerprint density at radius 3 is 2.70 bits per heavy atom. The molecular formula is C12H11NO7. The van der Waals surface area contributed by atoms with E-state index in [2.05, 4.69) is 4.74 Å².